The lowest BCUT2D eigenvalue weighted by atomic mass is 9.69. The van der Waals surface area contributed by atoms with E-state index < -0.39 is 23.3 Å². The molecular weight excluding hydrogens is 389 g/mol. The second-order valence-electron chi connectivity index (χ2n) is 9.61. The minimum absolute atomic E-state index is 0.0628. The molecule has 168 valence electrons. The topological polar surface area (TPSA) is 37.3 Å². The summed E-state index contributed by atoms with van der Waals surface area (Å²) in [5.41, 5.74) is -1.14. The maximum absolute atomic E-state index is 13.6. The normalized spacial score (nSPS) is 27.8. The minimum atomic E-state index is -4.67. The molecule has 0 atom stereocenters. The first kappa shape index (κ1) is 23.1. The zero-order valence-corrected chi connectivity index (χ0v) is 18.2. The molecule has 2 fully saturated rings. The van der Waals surface area contributed by atoms with Crippen LogP contribution >= 0.6 is 0 Å². The molecule has 0 saturated heterocycles. The first-order valence-corrected chi connectivity index (χ1v) is 11.7. The molecule has 2 saturated carbocycles. The van der Waals surface area contributed by atoms with Gasteiger partial charge in [0.2, 0.25) is 0 Å². The third-order valence-electron chi connectivity index (χ3n) is 7.61. The van der Waals surface area contributed by atoms with Crippen LogP contribution in [0.4, 0.5) is 13.2 Å². The molecule has 0 heterocycles. The highest BCUT2D eigenvalue weighted by molar-refractivity contribution is 5.99. The van der Waals surface area contributed by atoms with Crippen LogP contribution in [0, 0.1) is 23.7 Å². The van der Waals surface area contributed by atoms with Gasteiger partial charge in [0.25, 0.3) is 0 Å². The van der Waals surface area contributed by atoms with Gasteiger partial charge in [-0.25, -0.2) is 0 Å². The summed E-state index contributed by atoms with van der Waals surface area (Å²) >= 11 is 0. The van der Waals surface area contributed by atoms with Crippen molar-refractivity contribution in [1.29, 1.82) is 0 Å². The fraction of sp³-hybridized carbons (Fsp3) is 0.720. The summed E-state index contributed by atoms with van der Waals surface area (Å²) in [4.78, 5) is 11.9. The lowest BCUT2D eigenvalue weighted by molar-refractivity contribution is -0.139. The van der Waals surface area contributed by atoms with E-state index in [0.29, 0.717) is 18.8 Å². The fourth-order valence-corrected chi connectivity index (χ4v) is 5.64. The van der Waals surface area contributed by atoms with Gasteiger partial charge in [0, 0.05) is 6.42 Å². The molecule has 0 amide bonds. The van der Waals surface area contributed by atoms with E-state index in [9.17, 15) is 23.1 Å². The highest BCUT2D eigenvalue weighted by atomic mass is 19.4. The van der Waals surface area contributed by atoms with Gasteiger partial charge < -0.3 is 5.11 Å². The fourth-order valence-electron chi connectivity index (χ4n) is 5.64. The van der Waals surface area contributed by atoms with Crippen LogP contribution in [-0.4, -0.2) is 10.9 Å². The number of aromatic hydroxyl groups is 1. The number of phenolic OH excluding ortho intramolecular Hbond substituents is 1. The summed E-state index contributed by atoms with van der Waals surface area (Å²) in [5.74, 6) is 1.57. The van der Waals surface area contributed by atoms with Gasteiger partial charge in [0.15, 0.2) is 5.78 Å². The van der Waals surface area contributed by atoms with Crippen LogP contribution in [0.5, 0.6) is 5.75 Å². The maximum atomic E-state index is 13.6. The molecular formula is C25H35F3O2. The third kappa shape index (κ3) is 5.39. The zero-order chi connectivity index (χ0) is 21.9. The number of phenols is 1. The summed E-state index contributed by atoms with van der Waals surface area (Å²) in [6.45, 7) is 3.91. The van der Waals surface area contributed by atoms with Crippen molar-refractivity contribution in [2.75, 3.05) is 0 Å². The Kier molecular flexibility index (Phi) is 7.52. The largest absolute Gasteiger partial charge is 0.507 e. The number of hydrogen-bond donors (Lipinski definition) is 1. The Hall–Kier alpha value is -1.52. The Morgan fingerprint density at radius 3 is 2.10 bits per heavy atom. The molecule has 30 heavy (non-hydrogen) atoms. The van der Waals surface area contributed by atoms with Crippen LogP contribution in [0.2, 0.25) is 0 Å². The highest BCUT2D eigenvalue weighted by Gasteiger charge is 2.38. The predicted molar refractivity (Wildman–Crippen MR) is 113 cm³/mol. The number of aryl methyl sites for hydroxylation is 1. The number of carbonyl (C=O) groups excluding carboxylic acids is 1. The summed E-state index contributed by atoms with van der Waals surface area (Å²) < 4.78 is 40.9. The van der Waals surface area contributed by atoms with E-state index in [4.69, 9.17) is 0 Å². The van der Waals surface area contributed by atoms with Crippen molar-refractivity contribution in [2.24, 2.45) is 23.7 Å². The second-order valence-corrected chi connectivity index (χ2v) is 9.61. The Bertz CT molecular complexity index is 725. The van der Waals surface area contributed by atoms with Crippen LogP contribution in [0.1, 0.15) is 99.5 Å². The summed E-state index contributed by atoms with van der Waals surface area (Å²) in [5, 5.41) is 10.2. The Morgan fingerprint density at radius 1 is 1.00 bits per heavy atom. The van der Waals surface area contributed by atoms with Crippen molar-refractivity contribution < 1.29 is 23.1 Å². The van der Waals surface area contributed by atoms with Crippen molar-refractivity contribution in [3.63, 3.8) is 0 Å². The molecule has 3 rings (SSSR count). The summed E-state index contributed by atoms with van der Waals surface area (Å²) in [6, 6.07) is 2.74. The third-order valence-corrected chi connectivity index (χ3v) is 7.61. The number of hydrogen-bond acceptors (Lipinski definition) is 2. The Balaban J connectivity index is 1.61. The van der Waals surface area contributed by atoms with Gasteiger partial charge in [-0.2, -0.15) is 13.2 Å². The average Bonchev–Trinajstić information content (AvgIpc) is 2.71. The lowest BCUT2D eigenvalue weighted by Crippen LogP contribution is -2.25. The van der Waals surface area contributed by atoms with E-state index in [1.54, 1.807) is 6.92 Å². The van der Waals surface area contributed by atoms with Gasteiger partial charge in [-0.05, 0) is 73.8 Å². The van der Waals surface area contributed by atoms with Crippen molar-refractivity contribution in [2.45, 2.75) is 90.7 Å². The number of ketones is 1. The van der Waals surface area contributed by atoms with Gasteiger partial charge in [-0.1, -0.05) is 45.6 Å². The highest BCUT2D eigenvalue weighted by Crippen LogP contribution is 2.44. The molecule has 1 aromatic carbocycles. The van der Waals surface area contributed by atoms with E-state index in [-0.39, 0.29) is 17.5 Å². The summed E-state index contributed by atoms with van der Waals surface area (Å²) in [7, 11) is 0. The first-order valence-electron chi connectivity index (χ1n) is 11.7. The van der Waals surface area contributed by atoms with Gasteiger partial charge in [-0.3, -0.25) is 4.79 Å². The van der Waals surface area contributed by atoms with Crippen molar-refractivity contribution >= 4 is 5.78 Å². The lowest BCUT2D eigenvalue weighted by Gasteiger charge is -2.37. The van der Waals surface area contributed by atoms with Crippen LogP contribution in [0.3, 0.4) is 0 Å². The monoisotopic (exact) mass is 424 g/mol. The number of alkyl halides is 3. The molecule has 0 unspecified atom stereocenters. The van der Waals surface area contributed by atoms with Gasteiger partial charge in [-0.15, -0.1) is 0 Å². The van der Waals surface area contributed by atoms with Gasteiger partial charge >= 0.3 is 6.18 Å². The van der Waals surface area contributed by atoms with E-state index >= 15 is 0 Å². The number of benzene rings is 1. The molecule has 2 aliphatic carbocycles. The van der Waals surface area contributed by atoms with E-state index in [2.05, 4.69) is 6.92 Å². The predicted octanol–water partition coefficient (Wildman–Crippen LogP) is 7.57. The molecule has 0 aromatic heterocycles. The van der Waals surface area contributed by atoms with Crippen LogP contribution in [0.25, 0.3) is 0 Å². The quantitative estimate of drug-likeness (QED) is 0.478. The SMILES string of the molecule is CCC(=O)c1ccc(CCC2CCC(C3CCC(C)CC3)CC2)c(C(F)(F)F)c1O. The zero-order valence-electron chi connectivity index (χ0n) is 18.2. The van der Waals surface area contributed by atoms with Crippen molar-refractivity contribution in [1.82, 2.24) is 0 Å². The van der Waals surface area contributed by atoms with Crippen molar-refractivity contribution in [3.8, 4) is 5.75 Å². The molecule has 0 aliphatic heterocycles. The average molecular weight is 425 g/mol. The summed E-state index contributed by atoms with van der Waals surface area (Å²) in [6.07, 6.45) is 6.34. The number of rotatable bonds is 6. The van der Waals surface area contributed by atoms with E-state index in [1.165, 1.54) is 50.7 Å². The van der Waals surface area contributed by atoms with E-state index in [0.717, 1.165) is 30.6 Å². The van der Waals surface area contributed by atoms with Gasteiger partial charge in [0.05, 0.1) is 5.56 Å². The smallest absolute Gasteiger partial charge is 0.420 e. The molecule has 5 heteroatoms. The number of carbonyl (C=O) groups is 1. The first-order chi connectivity index (χ1) is 14.2. The standard InChI is InChI=1S/C25H35F3O2/c1-3-22(29)21-15-14-20(23(24(21)30)25(26,27)28)13-8-17-6-11-19(12-7-17)18-9-4-16(2)5-10-18/h14-19,30H,3-13H2,1-2H3. The molecule has 0 bridgehead atoms. The Labute approximate surface area is 178 Å². The molecule has 1 aromatic rings. The molecule has 0 spiro atoms. The van der Waals surface area contributed by atoms with Gasteiger partial charge in [0.1, 0.15) is 11.3 Å². The molecule has 2 aliphatic rings. The number of Topliss-reactive ketones (excluding diaryl/α,β-unsaturated/α-hetero) is 1. The van der Waals surface area contributed by atoms with Crippen LogP contribution in [-0.2, 0) is 12.6 Å². The molecule has 2 nitrogen and oxygen atoms in total. The number of halogens is 3. The Morgan fingerprint density at radius 2 is 1.57 bits per heavy atom. The molecule has 0 radical (unpaired) electrons. The van der Waals surface area contributed by atoms with Crippen LogP contribution in [0.15, 0.2) is 12.1 Å². The maximum Gasteiger partial charge on any atom is 0.420 e. The van der Waals surface area contributed by atoms with Crippen molar-refractivity contribution in [3.05, 3.63) is 28.8 Å². The molecule has 1 N–H and O–H groups in total. The minimum Gasteiger partial charge on any atom is -0.507 e. The van der Waals surface area contributed by atoms with Crippen LogP contribution < -0.4 is 0 Å². The van der Waals surface area contributed by atoms with E-state index in [1.807, 2.05) is 0 Å². The second kappa shape index (κ2) is 9.74.